The van der Waals surface area contributed by atoms with Gasteiger partial charge in [0.25, 0.3) is 0 Å². The molecule has 0 unspecified atom stereocenters. The van der Waals surface area contributed by atoms with Gasteiger partial charge in [-0.2, -0.15) is 5.21 Å². The minimum Gasteiger partial charge on any atom is -0.340 e. The number of benzene rings is 1. The van der Waals surface area contributed by atoms with E-state index in [1.54, 1.807) is 11.3 Å². The molecule has 0 atom stereocenters. The van der Waals surface area contributed by atoms with E-state index in [1.807, 2.05) is 36.4 Å². The van der Waals surface area contributed by atoms with E-state index in [4.69, 9.17) is 4.98 Å². The van der Waals surface area contributed by atoms with Gasteiger partial charge in [0.2, 0.25) is 5.82 Å². The lowest BCUT2D eigenvalue weighted by Gasteiger charge is -2.08. The summed E-state index contributed by atoms with van der Waals surface area (Å²) in [7, 11) is 0. The smallest absolute Gasteiger partial charge is 0.213 e. The second-order valence-corrected chi connectivity index (χ2v) is 6.33. The number of aromatic nitrogens is 5. The monoisotopic (exact) mass is 342 g/mol. The van der Waals surface area contributed by atoms with E-state index in [2.05, 4.69) is 49.5 Å². The molecule has 0 spiro atoms. The maximum absolute atomic E-state index is 4.80. The summed E-state index contributed by atoms with van der Waals surface area (Å²) >= 11 is 1.66. The SMILES string of the molecule is c1c(-c2nn[nH]n2)cc2nc(Nc3ccccc3)c3ccsc3c2c#1. The predicted octanol–water partition coefficient (Wildman–Crippen LogP) is 3.97. The highest BCUT2D eigenvalue weighted by molar-refractivity contribution is 7.18. The van der Waals surface area contributed by atoms with Crippen molar-refractivity contribution in [2.45, 2.75) is 0 Å². The molecule has 0 saturated heterocycles. The fraction of sp³-hybridized carbons (Fsp3) is 0. The number of pyridine rings is 1. The van der Waals surface area contributed by atoms with Crippen molar-refractivity contribution in [3.05, 3.63) is 60.0 Å². The second kappa shape index (κ2) is 5.54. The van der Waals surface area contributed by atoms with Crippen LogP contribution < -0.4 is 5.32 Å². The molecule has 0 saturated carbocycles. The third kappa shape index (κ3) is 2.36. The zero-order valence-electron chi connectivity index (χ0n) is 12.8. The summed E-state index contributed by atoms with van der Waals surface area (Å²) in [6.45, 7) is 0. The van der Waals surface area contributed by atoms with Gasteiger partial charge in [0.15, 0.2) is 0 Å². The zero-order valence-corrected chi connectivity index (χ0v) is 13.6. The summed E-state index contributed by atoms with van der Waals surface area (Å²) in [4.78, 5) is 4.80. The minimum atomic E-state index is 0.476. The Hall–Kier alpha value is -3.50. The second-order valence-electron chi connectivity index (χ2n) is 5.42. The largest absolute Gasteiger partial charge is 0.340 e. The van der Waals surface area contributed by atoms with Gasteiger partial charge in [0, 0.05) is 11.1 Å². The number of rotatable bonds is 3. The van der Waals surface area contributed by atoms with Gasteiger partial charge in [0.05, 0.1) is 21.2 Å². The van der Waals surface area contributed by atoms with Crippen LogP contribution in [0.4, 0.5) is 11.5 Å². The number of hydrogen-bond donors (Lipinski definition) is 2. The summed E-state index contributed by atoms with van der Waals surface area (Å²) in [5, 5.41) is 21.5. The Morgan fingerprint density at radius 2 is 2.00 bits per heavy atom. The van der Waals surface area contributed by atoms with Crippen molar-refractivity contribution >= 4 is 43.8 Å². The number of tetrazole rings is 1. The molecular formula is C18H10N6S. The summed E-state index contributed by atoms with van der Waals surface area (Å²) in [5.41, 5.74) is 2.51. The topological polar surface area (TPSA) is 79.4 Å². The third-order valence-corrected chi connectivity index (χ3v) is 4.79. The van der Waals surface area contributed by atoms with Gasteiger partial charge in [-0.15, -0.1) is 21.5 Å². The van der Waals surface area contributed by atoms with Gasteiger partial charge in [0.1, 0.15) is 5.82 Å². The van der Waals surface area contributed by atoms with E-state index in [9.17, 15) is 0 Å². The molecule has 3 aromatic heterocycles. The van der Waals surface area contributed by atoms with Crippen molar-refractivity contribution in [3.63, 3.8) is 0 Å². The van der Waals surface area contributed by atoms with E-state index >= 15 is 0 Å². The van der Waals surface area contributed by atoms with Crippen LogP contribution >= 0.6 is 11.3 Å². The van der Waals surface area contributed by atoms with Crippen molar-refractivity contribution in [1.29, 1.82) is 0 Å². The quantitative estimate of drug-likeness (QED) is 0.518. The number of hydrogen-bond acceptors (Lipinski definition) is 6. The van der Waals surface area contributed by atoms with Gasteiger partial charge >= 0.3 is 0 Å². The van der Waals surface area contributed by atoms with Crippen LogP contribution in [0.2, 0.25) is 0 Å². The molecule has 5 aromatic rings. The zero-order chi connectivity index (χ0) is 16.6. The molecule has 0 aliphatic carbocycles. The Bertz CT molecular complexity index is 1160. The molecular weight excluding hydrogens is 332 g/mol. The number of anilines is 2. The van der Waals surface area contributed by atoms with Crippen LogP contribution in [0.5, 0.6) is 0 Å². The molecule has 25 heavy (non-hydrogen) atoms. The lowest BCUT2D eigenvalue weighted by molar-refractivity contribution is 0.881. The number of nitrogens with zero attached hydrogens (tertiary/aromatic N) is 4. The van der Waals surface area contributed by atoms with Crippen LogP contribution in [0.15, 0.2) is 47.8 Å². The maximum atomic E-state index is 4.80. The standard InChI is InChI=1S/C18H10N6S/c1-2-4-12(5-3-1)19-18-14-8-9-25-16(14)13-7-6-11(10-15(13)20-18)17-21-23-24-22-17/h1-5,8-10H,(H,19,20)(H,21,22,23,24). The van der Waals surface area contributed by atoms with Crippen LogP contribution in [-0.2, 0) is 0 Å². The van der Waals surface area contributed by atoms with Crippen LogP contribution in [0.1, 0.15) is 0 Å². The lowest BCUT2D eigenvalue weighted by atomic mass is 10.1. The highest BCUT2D eigenvalue weighted by Crippen LogP contribution is 2.34. The van der Waals surface area contributed by atoms with Crippen molar-refractivity contribution in [3.8, 4) is 11.4 Å². The first-order chi connectivity index (χ1) is 12.4. The lowest BCUT2D eigenvalue weighted by Crippen LogP contribution is -1.94. The molecule has 0 fully saturated rings. The summed E-state index contributed by atoms with van der Waals surface area (Å²) in [6, 6.07) is 20.3. The molecule has 6 nitrogen and oxygen atoms in total. The first kappa shape index (κ1) is 13.9. The average molecular weight is 342 g/mol. The fourth-order valence-corrected chi connectivity index (χ4v) is 3.63. The number of para-hydroxylation sites is 1. The molecule has 5 rings (SSSR count). The molecule has 0 amide bonds. The molecule has 0 bridgehead atoms. The van der Waals surface area contributed by atoms with Crippen molar-refractivity contribution in [1.82, 2.24) is 25.6 Å². The van der Waals surface area contributed by atoms with Gasteiger partial charge in [-0.3, -0.25) is 0 Å². The highest BCUT2D eigenvalue weighted by Gasteiger charge is 2.12. The van der Waals surface area contributed by atoms with E-state index in [-0.39, 0.29) is 0 Å². The molecule has 0 aliphatic rings. The molecule has 0 radical (unpaired) electrons. The summed E-state index contributed by atoms with van der Waals surface area (Å²) in [5.74, 6) is 1.29. The van der Waals surface area contributed by atoms with E-state index in [0.29, 0.717) is 11.4 Å². The Labute approximate surface area is 146 Å². The maximum Gasteiger partial charge on any atom is 0.213 e. The molecule has 2 aromatic carbocycles. The van der Waals surface area contributed by atoms with Crippen molar-refractivity contribution in [2.75, 3.05) is 5.32 Å². The summed E-state index contributed by atoms with van der Waals surface area (Å²) in [6.07, 6.45) is 0. The molecule has 0 aliphatic heterocycles. The molecule has 118 valence electrons. The van der Waals surface area contributed by atoms with Crippen LogP contribution in [-0.4, -0.2) is 25.6 Å². The van der Waals surface area contributed by atoms with Crippen LogP contribution in [0.3, 0.4) is 0 Å². The van der Waals surface area contributed by atoms with Gasteiger partial charge in [-0.1, -0.05) is 30.3 Å². The third-order valence-electron chi connectivity index (χ3n) is 3.86. The van der Waals surface area contributed by atoms with E-state index in [1.165, 1.54) is 0 Å². The van der Waals surface area contributed by atoms with Gasteiger partial charge in [-0.05, 0) is 34.9 Å². The number of fused-ring (bicyclic) bond motifs is 3. The van der Waals surface area contributed by atoms with Gasteiger partial charge < -0.3 is 5.32 Å². The first-order valence-electron chi connectivity index (χ1n) is 7.59. The predicted molar refractivity (Wildman–Crippen MR) is 97.7 cm³/mol. The number of thiophene rings is 1. The average Bonchev–Trinajstić information content (AvgIpc) is 3.34. The number of H-pyrrole nitrogens is 1. The molecule has 2 N–H and O–H groups in total. The van der Waals surface area contributed by atoms with E-state index in [0.717, 1.165) is 32.5 Å². The number of nitrogens with one attached hydrogen (secondary N) is 2. The highest BCUT2D eigenvalue weighted by atomic mass is 32.1. The number of aromatic amines is 1. The van der Waals surface area contributed by atoms with Gasteiger partial charge in [-0.25, -0.2) is 4.98 Å². The summed E-state index contributed by atoms with van der Waals surface area (Å²) < 4.78 is 1.12. The fourth-order valence-electron chi connectivity index (χ4n) is 2.72. The van der Waals surface area contributed by atoms with E-state index < -0.39 is 0 Å². The Morgan fingerprint density at radius 1 is 1.08 bits per heavy atom. The first-order valence-corrected chi connectivity index (χ1v) is 8.47. The molecule has 7 heteroatoms. The molecule has 3 heterocycles. The van der Waals surface area contributed by atoms with Crippen molar-refractivity contribution < 1.29 is 0 Å². The Morgan fingerprint density at radius 3 is 2.84 bits per heavy atom. The van der Waals surface area contributed by atoms with Crippen LogP contribution in [0, 0.1) is 12.1 Å². The normalized spacial score (nSPS) is 10.9. The Kier molecular flexibility index (Phi) is 3.08. The van der Waals surface area contributed by atoms with Crippen LogP contribution in [0.25, 0.3) is 32.4 Å². The minimum absolute atomic E-state index is 0.476. The Balaban J connectivity index is 1.71. The van der Waals surface area contributed by atoms with Crippen molar-refractivity contribution in [2.24, 2.45) is 0 Å².